The number of carboxylic acid groups (broad SMARTS) is 1. The Morgan fingerprint density at radius 2 is 2.19 bits per heavy atom. The molecule has 2 aromatic heterocycles. The van der Waals surface area contributed by atoms with E-state index in [0.717, 1.165) is 17.5 Å². The maximum atomic E-state index is 11.9. The zero-order chi connectivity index (χ0) is 15.2. The summed E-state index contributed by atoms with van der Waals surface area (Å²) in [6, 6.07) is 3.12. The summed E-state index contributed by atoms with van der Waals surface area (Å²) in [6.45, 7) is 1.96. The van der Waals surface area contributed by atoms with Gasteiger partial charge in [0.2, 0.25) is 5.13 Å². The molecule has 0 atom stereocenters. The standard InChI is InChI=1S/C13H12N4O3S/c1-2-10-16-17-13(21-10)15-12(20)9-5-3-8(7-14-9)4-6-11(18)19/h3-7H,2H2,1H3,(H,18,19)(H,15,17,20)/b6-4+. The second kappa shape index (κ2) is 6.71. The van der Waals surface area contributed by atoms with Gasteiger partial charge in [-0.2, -0.15) is 0 Å². The lowest BCUT2D eigenvalue weighted by Crippen LogP contribution is -2.13. The lowest BCUT2D eigenvalue weighted by atomic mass is 10.2. The molecule has 0 bridgehead atoms. The van der Waals surface area contributed by atoms with Crippen LogP contribution in [0.3, 0.4) is 0 Å². The number of carboxylic acids is 1. The number of hydrogen-bond acceptors (Lipinski definition) is 6. The second-order valence-corrected chi connectivity index (χ2v) is 5.02. The Hall–Kier alpha value is -2.61. The summed E-state index contributed by atoms with van der Waals surface area (Å²) in [5.74, 6) is -1.43. The van der Waals surface area contributed by atoms with Gasteiger partial charge in [-0.15, -0.1) is 10.2 Å². The van der Waals surface area contributed by atoms with E-state index in [4.69, 9.17) is 5.11 Å². The number of nitrogens with one attached hydrogen (secondary N) is 1. The van der Waals surface area contributed by atoms with Crippen molar-refractivity contribution >= 4 is 34.4 Å². The fourth-order valence-electron chi connectivity index (χ4n) is 1.41. The molecule has 0 radical (unpaired) electrons. The van der Waals surface area contributed by atoms with Crippen LogP contribution in [0.4, 0.5) is 5.13 Å². The van der Waals surface area contributed by atoms with Crippen LogP contribution in [0.5, 0.6) is 0 Å². The predicted octanol–water partition coefficient (Wildman–Crippen LogP) is 1.85. The van der Waals surface area contributed by atoms with Crippen LogP contribution in [0.25, 0.3) is 6.08 Å². The van der Waals surface area contributed by atoms with Crippen molar-refractivity contribution in [2.75, 3.05) is 5.32 Å². The summed E-state index contributed by atoms with van der Waals surface area (Å²) in [5.41, 5.74) is 0.814. The van der Waals surface area contributed by atoms with Crippen LogP contribution in [0.2, 0.25) is 0 Å². The molecule has 0 aliphatic carbocycles. The molecule has 0 saturated heterocycles. The number of anilines is 1. The summed E-state index contributed by atoms with van der Waals surface area (Å²) in [7, 11) is 0. The molecule has 2 aromatic rings. The van der Waals surface area contributed by atoms with Crippen LogP contribution >= 0.6 is 11.3 Å². The van der Waals surface area contributed by atoms with Crippen molar-refractivity contribution in [3.05, 3.63) is 40.7 Å². The number of nitrogens with zero attached hydrogens (tertiary/aromatic N) is 3. The Morgan fingerprint density at radius 3 is 2.76 bits per heavy atom. The zero-order valence-corrected chi connectivity index (χ0v) is 11.9. The van der Waals surface area contributed by atoms with E-state index in [0.29, 0.717) is 10.7 Å². The van der Waals surface area contributed by atoms with Gasteiger partial charge in [0.1, 0.15) is 10.7 Å². The van der Waals surface area contributed by atoms with Crippen molar-refractivity contribution < 1.29 is 14.7 Å². The van der Waals surface area contributed by atoms with Crippen LogP contribution < -0.4 is 5.32 Å². The third kappa shape index (κ3) is 4.18. The molecule has 8 heteroatoms. The van der Waals surface area contributed by atoms with Gasteiger partial charge in [-0.25, -0.2) is 4.79 Å². The number of pyridine rings is 1. The van der Waals surface area contributed by atoms with Gasteiger partial charge in [-0.3, -0.25) is 15.1 Å². The maximum absolute atomic E-state index is 11.9. The van der Waals surface area contributed by atoms with Crippen molar-refractivity contribution in [1.82, 2.24) is 15.2 Å². The summed E-state index contributed by atoms with van der Waals surface area (Å²) in [6.07, 6.45) is 4.59. The topological polar surface area (TPSA) is 105 Å². The van der Waals surface area contributed by atoms with Crippen LogP contribution in [-0.4, -0.2) is 32.2 Å². The molecule has 7 nitrogen and oxygen atoms in total. The molecule has 0 unspecified atom stereocenters. The Labute approximate surface area is 124 Å². The molecule has 21 heavy (non-hydrogen) atoms. The highest BCUT2D eigenvalue weighted by Gasteiger charge is 2.10. The number of aromatic nitrogens is 3. The quantitative estimate of drug-likeness (QED) is 0.817. The maximum Gasteiger partial charge on any atom is 0.328 e. The van der Waals surface area contributed by atoms with E-state index >= 15 is 0 Å². The molecule has 0 aliphatic rings. The fraction of sp³-hybridized carbons (Fsp3) is 0.154. The first-order valence-corrected chi connectivity index (χ1v) is 6.91. The first-order chi connectivity index (χ1) is 10.1. The van der Waals surface area contributed by atoms with Gasteiger partial charge in [0.15, 0.2) is 0 Å². The molecule has 0 aliphatic heterocycles. The molecule has 2 N–H and O–H groups in total. The molecule has 2 heterocycles. The van der Waals surface area contributed by atoms with Gasteiger partial charge in [-0.1, -0.05) is 24.3 Å². The normalized spacial score (nSPS) is 10.7. The molecule has 108 valence electrons. The van der Waals surface area contributed by atoms with E-state index in [2.05, 4.69) is 20.5 Å². The van der Waals surface area contributed by atoms with E-state index < -0.39 is 5.97 Å². The first kappa shape index (κ1) is 14.8. The molecular formula is C13H12N4O3S. The van der Waals surface area contributed by atoms with Crippen molar-refractivity contribution in [2.24, 2.45) is 0 Å². The van der Waals surface area contributed by atoms with Crippen molar-refractivity contribution in [1.29, 1.82) is 0 Å². The van der Waals surface area contributed by atoms with Gasteiger partial charge in [0, 0.05) is 12.3 Å². The van der Waals surface area contributed by atoms with Gasteiger partial charge < -0.3 is 5.11 Å². The Kier molecular flexibility index (Phi) is 4.72. The molecule has 0 aromatic carbocycles. The number of carbonyl (C=O) groups excluding carboxylic acids is 1. The number of hydrogen-bond donors (Lipinski definition) is 2. The van der Waals surface area contributed by atoms with Crippen LogP contribution in [-0.2, 0) is 11.2 Å². The van der Waals surface area contributed by atoms with Crippen LogP contribution in [0.1, 0.15) is 28.0 Å². The summed E-state index contributed by atoms with van der Waals surface area (Å²) < 4.78 is 0. The first-order valence-electron chi connectivity index (χ1n) is 6.09. The van der Waals surface area contributed by atoms with Crippen molar-refractivity contribution in [2.45, 2.75) is 13.3 Å². The van der Waals surface area contributed by atoms with Crippen LogP contribution in [0.15, 0.2) is 24.4 Å². The van der Waals surface area contributed by atoms with Gasteiger partial charge in [0.05, 0.1) is 0 Å². The van der Waals surface area contributed by atoms with Gasteiger partial charge in [-0.05, 0) is 24.1 Å². The summed E-state index contributed by atoms with van der Waals surface area (Å²) >= 11 is 1.31. The Balaban J connectivity index is 2.04. The van der Waals surface area contributed by atoms with Gasteiger partial charge >= 0.3 is 5.97 Å². The third-order valence-corrected chi connectivity index (χ3v) is 3.41. The monoisotopic (exact) mass is 304 g/mol. The highest BCUT2D eigenvalue weighted by atomic mass is 32.1. The average Bonchev–Trinajstić information content (AvgIpc) is 2.93. The Morgan fingerprint density at radius 1 is 1.38 bits per heavy atom. The second-order valence-electron chi connectivity index (χ2n) is 3.96. The zero-order valence-electron chi connectivity index (χ0n) is 11.1. The fourth-order valence-corrected chi connectivity index (χ4v) is 2.09. The molecule has 1 amide bonds. The van der Waals surface area contributed by atoms with E-state index in [1.807, 2.05) is 6.92 Å². The van der Waals surface area contributed by atoms with Gasteiger partial charge in [0.25, 0.3) is 5.91 Å². The summed E-state index contributed by atoms with van der Waals surface area (Å²) in [4.78, 5) is 26.3. The van der Waals surface area contributed by atoms with Crippen molar-refractivity contribution in [3.63, 3.8) is 0 Å². The number of rotatable bonds is 5. The lowest BCUT2D eigenvalue weighted by molar-refractivity contribution is -0.131. The van der Waals surface area contributed by atoms with Crippen LogP contribution in [0, 0.1) is 0 Å². The highest BCUT2D eigenvalue weighted by Crippen LogP contribution is 2.16. The molecule has 0 saturated carbocycles. The van der Waals surface area contributed by atoms with Crippen molar-refractivity contribution in [3.8, 4) is 0 Å². The number of aliphatic carboxylic acids is 1. The molecular weight excluding hydrogens is 292 g/mol. The van der Waals surface area contributed by atoms with E-state index in [9.17, 15) is 9.59 Å². The lowest BCUT2D eigenvalue weighted by Gasteiger charge is -2.00. The smallest absolute Gasteiger partial charge is 0.328 e. The molecule has 0 fully saturated rings. The van der Waals surface area contributed by atoms with E-state index in [-0.39, 0.29) is 11.6 Å². The van der Waals surface area contributed by atoms with E-state index in [1.54, 1.807) is 6.07 Å². The number of amides is 1. The SMILES string of the molecule is CCc1nnc(NC(=O)c2ccc(/C=C/C(=O)O)cn2)s1. The molecule has 0 spiro atoms. The summed E-state index contributed by atoms with van der Waals surface area (Å²) in [5, 5.41) is 20.2. The predicted molar refractivity (Wildman–Crippen MR) is 78.1 cm³/mol. The number of carbonyl (C=O) groups is 2. The van der Waals surface area contributed by atoms with E-state index in [1.165, 1.54) is 29.7 Å². The highest BCUT2D eigenvalue weighted by molar-refractivity contribution is 7.15. The number of aryl methyl sites for hydroxylation is 1. The molecule has 2 rings (SSSR count). The largest absolute Gasteiger partial charge is 0.478 e. The Bertz CT molecular complexity index is 679. The minimum Gasteiger partial charge on any atom is -0.478 e. The minimum absolute atomic E-state index is 0.218. The average molecular weight is 304 g/mol. The third-order valence-electron chi connectivity index (χ3n) is 2.43. The minimum atomic E-state index is -1.04.